The fraction of sp³-hybridized carbons (Fsp3) is 0.625. The molecule has 1 aromatic heterocycles. The second-order valence-electron chi connectivity index (χ2n) is 3.30. The van der Waals surface area contributed by atoms with Crippen LogP contribution in [0.3, 0.4) is 0 Å². The van der Waals surface area contributed by atoms with Crippen LogP contribution in [-0.2, 0) is 11.8 Å². The van der Waals surface area contributed by atoms with Crippen molar-refractivity contribution in [3.63, 3.8) is 0 Å². The van der Waals surface area contributed by atoms with Crippen molar-refractivity contribution >= 4 is 11.9 Å². The molecule has 6 heteroatoms. The molecular formula is C8H15N5O. The highest BCUT2D eigenvalue weighted by atomic mass is 16.1. The van der Waals surface area contributed by atoms with Crippen molar-refractivity contribution in [2.24, 2.45) is 18.7 Å². The Labute approximate surface area is 82.5 Å². The molecule has 1 aromatic rings. The highest BCUT2D eigenvalue weighted by Gasteiger charge is 2.09. The lowest BCUT2D eigenvalue weighted by molar-refractivity contribution is -0.117. The zero-order valence-electron chi connectivity index (χ0n) is 8.40. The first-order chi connectivity index (χ1) is 6.63. The summed E-state index contributed by atoms with van der Waals surface area (Å²) in [6, 6.07) is 0. The predicted molar refractivity (Wildman–Crippen MR) is 52.5 cm³/mol. The Balaban J connectivity index is 2.45. The van der Waals surface area contributed by atoms with Gasteiger partial charge < -0.3 is 5.73 Å². The minimum atomic E-state index is -0.0842. The van der Waals surface area contributed by atoms with Crippen LogP contribution < -0.4 is 11.1 Å². The zero-order chi connectivity index (χ0) is 10.6. The Bertz CT molecular complexity index is 308. The van der Waals surface area contributed by atoms with Crippen LogP contribution in [0.1, 0.15) is 13.3 Å². The van der Waals surface area contributed by atoms with Crippen LogP contribution in [0.15, 0.2) is 6.33 Å². The molecule has 1 amide bonds. The van der Waals surface area contributed by atoms with Crippen molar-refractivity contribution in [1.82, 2.24) is 14.8 Å². The lowest BCUT2D eigenvalue weighted by Crippen LogP contribution is -2.21. The Hall–Kier alpha value is -1.43. The molecule has 0 aliphatic heterocycles. The fourth-order valence-electron chi connectivity index (χ4n) is 0.985. The van der Waals surface area contributed by atoms with E-state index in [4.69, 9.17) is 5.73 Å². The normalized spacial score (nSPS) is 12.5. The van der Waals surface area contributed by atoms with Crippen LogP contribution in [0.25, 0.3) is 0 Å². The van der Waals surface area contributed by atoms with E-state index in [0.29, 0.717) is 18.9 Å². The van der Waals surface area contributed by atoms with Crippen molar-refractivity contribution in [3.8, 4) is 0 Å². The van der Waals surface area contributed by atoms with Gasteiger partial charge in [-0.1, -0.05) is 6.92 Å². The Kier molecular flexibility index (Phi) is 3.58. The molecule has 78 valence electrons. The second kappa shape index (κ2) is 4.71. The molecule has 0 aromatic carbocycles. The Morgan fingerprint density at radius 3 is 3.00 bits per heavy atom. The topological polar surface area (TPSA) is 85.8 Å². The molecule has 3 N–H and O–H groups in total. The number of hydrogen-bond donors (Lipinski definition) is 2. The maximum absolute atomic E-state index is 11.4. The van der Waals surface area contributed by atoms with Gasteiger partial charge in [0, 0.05) is 13.5 Å². The summed E-state index contributed by atoms with van der Waals surface area (Å²) >= 11 is 0. The van der Waals surface area contributed by atoms with Crippen LogP contribution in [0.2, 0.25) is 0 Å². The van der Waals surface area contributed by atoms with Crippen molar-refractivity contribution in [2.45, 2.75) is 13.3 Å². The van der Waals surface area contributed by atoms with Gasteiger partial charge in [0.2, 0.25) is 11.9 Å². The lowest BCUT2D eigenvalue weighted by atomic mass is 10.1. The standard InChI is InChI=1S/C8H15N5O/c1-6(4-9)3-7(14)12-8-10-5-11-13(8)2/h5-6H,3-4,9H2,1-2H3,(H,10,11,12,14). The summed E-state index contributed by atoms with van der Waals surface area (Å²) in [5.74, 6) is 0.557. The molecule has 6 nitrogen and oxygen atoms in total. The molecule has 0 bridgehead atoms. The molecule has 0 radical (unpaired) electrons. The van der Waals surface area contributed by atoms with Crippen molar-refractivity contribution in [1.29, 1.82) is 0 Å². The first-order valence-corrected chi connectivity index (χ1v) is 4.47. The average Bonchev–Trinajstić information content (AvgIpc) is 2.51. The highest BCUT2D eigenvalue weighted by molar-refractivity contribution is 5.89. The molecular weight excluding hydrogens is 182 g/mol. The van der Waals surface area contributed by atoms with Gasteiger partial charge in [-0.05, 0) is 12.5 Å². The quantitative estimate of drug-likeness (QED) is 0.696. The lowest BCUT2D eigenvalue weighted by Gasteiger charge is -2.07. The number of aryl methyl sites for hydroxylation is 1. The summed E-state index contributed by atoms with van der Waals surface area (Å²) in [4.78, 5) is 15.3. The third kappa shape index (κ3) is 2.81. The number of amides is 1. The summed E-state index contributed by atoms with van der Waals surface area (Å²) in [7, 11) is 1.72. The van der Waals surface area contributed by atoms with E-state index in [1.807, 2.05) is 6.92 Å². The van der Waals surface area contributed by atoms with Gasteiger partial charge in [0.1, 0.15) is 6.33 Å². The summed E-state index contributed by atoms with van der Waals surface area (Å²) in [5, 5.41) is 6.49. The summed E-state index contributed by atoms with van der Waals surface area (Å²) in [5.41, 5.74) is 5.41. The van der Waals surface area contributed by atoms with E-state index in [0.717, 1.165) is 0 Å². The first-order valence-electron chi connectivity index (χ1n) is 4.47. The molecule has 1 rings (SSSR count). The number of anilines is 1. The summed E-state index contributed by atoms with van der Waals surface area (Å²) < 4.78 is 1.50. The van der Waals surface area contributed by atoms with Gasteiger partial charge in [-0.15, -0.1) is 0 Å². The molecule has 0 fully saturated rings. The predicted octanol–water partition coefficient (Wildman–Crippen LogP) is -0.262. The number of hydrogen-bond acceptors (Lipinski definition) is 4. The van der Waals surface area contributed by atoms with E-state index in [1.54, 1.807) is 7.05 Å². The summed E-state index contributed by atoms with van der Waals surface area (Å²) in [6.07, 6.45) is 1.80. The number of rotatable bonds is 4. The van der Waals surface area contributed by atoms with Crippen molar-refractivity contribution in [3.05, 3.63) is 6.33 Å². The number of carbonyl (C=O) groups excluding carboxylic acids is 1. The minimum Gasteiger partial charge on any atom is -0.330 e. The molecule has 0 aliphatic rings. The molecule has 0 aliphatic carbocycles. The van der Waals surface area contributed by atoms with Crippen LogP contribution >= 0.6 is 0 Å². The zero-order valence-corrected chi connectivity index (χ0v) is 8.40. The van der Waals surface area contributed by atoms with Crippen molar-refractivity contribution in [2.75, 3.05) is 11.9 Å². The third-order valence-corrected chi connectivity index (χ3v) is 1.90. The number of aromatic nitrogens is 3. The van der Waals surface area contributed by atoms with E-state index in [1.165, 1.54) is 11.0 Å². The van der Waals surface area contributed by atoms with Crippen molar-refractivity contribution < 1.29 is 4.79 Å². The molecule has 1 heterocycles. The smallest absolute Gasteiger partial charge is 0.227 e. The third-order valence-electron chi connectivity index (χ3n) is 1.90. The fourth-order valence-corrected chi connectivity index (χ4v) is 0.985. The molecule has 1 atom stereocenters. The van der Waals surface area contributed by atoms with Crippen LogP contribution in [0.5, 0.6) is 0 Å². The van der Waals surface area contributed by atoms with E-state index < -0.39 is 0 Å². The maximum atomic E-state index is 11.4. The molecule has 1 unspecified atom stereocenters. The Morgan fingerprint density at radius 1 is 1.79 bits per heavy atom. The van der Waals surface area contributed by atoms with Gasteiger partial charge in [0.05, 0.1) is 0 Å². The highest BCUT2D eigenvalue weighted by Crippen LogP contribution is 2.03. The van der Waals surface area contributed by atoms with Gasteiger partial charge >= 0.3 is 0 Å². The van der Waals surface area contributed by atoms with E-state index in [9.17, 15) is 4.79 Å². The average molecular weight is 197 g/mol. The second-order valence-corrected chi connectivity index (χ2v) is 3.30. The first kappa shape index (κ1) is 10.6. The van der Waals surface area contributed by atoms with E-state index in [2.05, 4.69) is 15.4 Å². The summed E-state index contributed by atoms with van der Waals surface area (Å²) in [6.45, 7) is 2.43. The monoisotopic (exact) mass is 197 g/mol. The SMILES string of the molecule is CC(CN)CC(=O)Nc1ncnn1C. The minimum absolute atomic E-state index is 0.0842. The largest absolute Gasteiger partial charge is 0.330 e. The van der Waals surface area contributed by atoms with E-state index >= 15 is 0 Å². The molecule has 0 saturated heterocycles. The van der Waals surface area contributed by atoms with Crippen LogP contribution in [0.4, 0.5) is 5.95 Å². The Morgan fingerprint density at radius 2 is 2.50 bits per heavy atom. The van der Waals surface area contributed by atoms with Crippen LogP contribution in [-0.4, -0.2) is 27.2 Å². The number of nitrogens with two attached hydrogens (primary N) is 1. The van der Waals surface area contributed by atoms with Gasteiger partial charge in [0.25, 0.3) is 0 Å². The maximum Gasteiger partial charge on any atom is 0.227 e. The van der Waals surface area contributed by atoms with Gasteiger partial charge in [-0.2, -0.15) is 10.1 Å². The molecule has 0 spiro atoms. The molecule has 14 heavy (non-hydrogen) atoms. The van der Waals surface area contributed by atoms with E-state index in [-0.39, 0.29) is 11.8 Å². The van der Waals surface area contributed by atoms with Gasteiger partial charge in [-0.3, -0.25) is 10.1 Å². The number of carbonyl (C=O) groups is 1. The number of nitrogens with one attached hydrogen (secondary N) is 1. The number of nitrogens with zero attached hydrogens (tertiary/aromatic N) is 3. The van der Waals surface area contributed by atoms with Gasteiger partial charge in [-0.25, -0.2) is 4.68 Å². The van der Waals surface area contributed by atoms with Gasteiger partial charge in [0.15, 0.2) is 0 Å². The molecule has 0 saturated carbocycles. The van der Waals surface area contributed by atoms with Crippen LogP contribution in [0, 0.1) is 5.92 Å².